The van der Waals surface area contributed by atoms with Crippen molar-refractivity contribution in [3.63, 3.8) is 0 Å². The number of nitrogens with one attached hydrogen (secondary N) is 2. The number of carbonyl (C=O) groups excluding carboxylic acids is 1. The molecule has 4 aromatic carbocycles. The third-order valence-electron chi connectivity index (χ3n) is 7.29. The standard InChI is InChI=1S/C22H22FN3O2.C18H14FN3O2/c1-14-9-10-19(17(11-14)21(27)28-22(2,3)4)26-15-12-24-20(25-13-15)16-7-5-6-8-18(16)23;1-11-6-7-16(14(8-11)18(23)24)22-12-9-20-17(21-10-12)13-4-2-3-5-15(13)19/h5-13,26H,1-4H3;2-10,22H,1H3,(H,23,24). The molecule has 12 heteroatoms. The molecule has 3 N–H and O–H groups in total. The van der Waals surface area contributed by atoms with E-state index in [1.165, 1.54) is 24.5 Å². The molecule has 0 aliphatic carbocycles. The van der Waals surface area contributed by atoms with Gasteiger partial charge in [0.2, 0.25) is 0 Å². The van der Waals surface area contributed by atoms with Crippen LogP contribution in [0.5, 0.6) is 0 Å². The number of aromatic carboxylic acids is 1. The maximum atomic E-state index is 13.9. The van der Waals surface area contributed by atoms with Gasteiger partial charge in [0.25, 0.3) is 0 Å². The minimum atomic E-state index is -1.02. The van der Waals surface area contributed by atoms with Crippen molar-refractivity contribution in [2.24, 2.45) is 0 Å². The second-order valence-corrected chi connectivity index (χ2v) is 12.7. The van der Waals surface area contributed by atoms with Gasteiger partial charge in [-0.2, -0.15) is 0 Å². The molecule has 0 amide bonds. The molecular formula is C40H36F2N6O4. The molecule has 264 valence electrons. The van der Waals surface area contributed by atoms with Crippen molar-refractivity contribution in [2.45, 2.75) is 40.2 Å². The Labute approximate surface area is 299 Å². The van der Waals surface area contributed by atoms with Gasteiger partial charge < -0.3 is 20.5 Å². The molecule has 0 aliphatic rings. The zero-order valence-electron chi connectivity index (χ0n) is 29.1. The van der Waals surface area contributed by atoms with Gasteiger partial charge in [-0.3, -0.25) is 0 Å². The van der Waals surface area contributed by atoms with Crippen LogP contribution in [-0.4, -0.2) is 42.6 Å². The molecule has 6 rings (SSSR count). The summed E-state index contributed by atoms with van der Waals surface area (Å²) in [5.74, 6) is -1.66. The number of hydrogen-bond acceptors (Lipinski definition) is 9. The Balaban J connectivity index is 0.000000203. The van der Waals surface area contributed by atoms with Crippen LogP contribution in [0.4, 0.5) is 31.5 Å². The van der Waals surface area contributed by atoms with Crippen LogP contribution in [0.2, 0.25) is 0 Å². The number of rotatable bonds is 8. The van der Waals surface area contributed by atoms with Crippen LogP contribution in [0.25, 0.3) is 22.8 Å². The molecule has 0 aliphatic heterocycles. The van der Waals surface area contributed by atoms with E-state index >= 15 is 0 Å². The van der Waals surface area contributed by atoms with E-state index in [4.69, 9.17) is 4.74 Å². The zero-order valence-corrected chi connectivity index (χ0v) is 29.1. The third-order valence-corrected chi connectivity index (χ3v) is 7.29. The SMILES string of the molecule is Cc1ccc(Nc2cnc(-c3ccccc3F)nc2)c(C(=O)O)c1.Cc1ccc(Nc2cnc(-c3ccccc3F)nc2)c(C(=O)OC(C)(C)C)c1. The lowest BCUT2D eigenvalue weighted by molar-refractivity contribution is 0.00703. The van der Waals surface area contributed by atoms with Gasteiger partial charge in [0.1, 0.15) is 17.2 Å². The summed E-state index contributed by atoms with van der Waals surface area (Å²) in [6.45, 7) is 9.20. The summed E-state index contributed by atoms with van der Waals surface area (Å²) in [5.41, 5.74) is 4.54. The fourth-order valence-corrected chi connectivity index (χ4v) is 4.87. The molecule has 0 radical (unpaired) electrons. The van der Waals surface area contributed by atoms with Gasteiger partial charge in [0.15, 0.2) is 11.6 Å². The first-order chi connectivity index (χ1) is 24.8. The summed E-state index contributed by atoms with van der Waals surface area (Å²) < 4.78 is 33.1. The van der Waals surface area contributed by atoms with Crippen molar-refractivity contribution < 1.29 is 28.2 Å². The molecule has 0 bridgehead atoms. The molecule has 0 fully saturated rings. The lowest BCUT2D eigenvalue weighted by Crippen LogP contribution is -2.24. The van der Waals surface area contributed by atoms with Crippen LogP contribution in [0.3, 0.4) is 0 Å². The Kier molecular flexibility index (Phi) is 11.3. The minimum absolute atomic E-state index is 0.160. The van der Waals surface area contributed by atoms with Crippen LogP contribution in [0, 0.1) is 25.5 Å². The Morgan fingerprint density at radius 2 is 1.04 bits per heavy atom. The van der Waals surface area contributed by atoms with E-state index < -0.39 is 23.4 Å². The summed E-state index contributed by atoms with van der Waals surface area (Å²) in [5, 5.41) is 15.4. The van der Waals surface area contributed by atoms with Gasteiger partial charge >= 0.3 is 11.9 Å². The number of carboxylic acids is 1. The third kappa shape index (κ3) is 9.57. The zero-order chi connectivity index (χ0) is 37.4. The second-order valence-electron chi connectivity index (χ2n) is 12.7. The number of halogens is 2. The quantitative estimate of drug-likeness (QED) is 0.132. The van der Waals surface area contributed by atoms with Crippen LogP contribution < -0.4 is 10.6 Å². The number of benzene rings is 4. The lowest BCUT2D eigenvalue weighted by Gasteiger charge is -2.21. The first-order valence-corrected chi connectivity index (χ1v) is 16.1. The second kappa shape index (κ2) is 16.0. The van der Waals surface area contributed by atoms with Crippen molar-refractivity contribution in [1.29, 1.82) is 0 Å². The maximum absolute atomic E-state index is 13.9. The number of carboxylic acid groups (broad SMARTS) is 1. The van der Waals surface area contributed by atoms with Crippen LogP contribution in [-0.2, 0) is 4.74 Å². The van der Waals surface area contributed by atoms with E-state index in [0.29, 0.717) is 45.3 Å². The van der Waals surface area contributed by atoms with Gasteiger partial charge in [0.05, 0.1) is 69.8 Å². The Morgan fingerprint density at radius 1 is 0.635 bits per heavy atom. The van der Waals surface area contributed by atoms with E-state index in [-0.39, 0.29) is 17.2 Å². The predicted molar refractivity (Wildman–Crippen MR) is 196 cm³/mol. The van der Waals surface area contributed by atoms with E-state index in [0.717, 1.165) is 11.1 Å². The Hall–Kier alpha value is -6.56. The summed E-state index contributed by atoms with van der Waals surface area (Å²) in [7, 11) is 0. The minimum Gasteiger partial charge on any atom is -0.478 e. The van der Waals surface area contributed by atoms with Crippen molar-refractivity contribution >= 4 is 34.7 Å². The summed E-state index contributed by atoms with van der Waals surface area (Å²) in [6.07, 6.45) is 6.07. The normalized spacial score (nSPS) is 10.8. The van der Waals surface area contributed by atoms with E-state index in [2.05, 4.69) is 30.6 Å². The largest absolute Gasteiger partial charge is 0.478 e. The predicted octanol–water partition coefficient (Wildman–Crippen LogP) is 9.32. The van der Waals surface area contributed by atoms with Crippen LogP contribution in [0.15, 0.2) is 110 Å². The topological polar surface area (TPSA) is 139 Å². The molecule has 6 aromatic rings. The fourth-order valence-electron chi connectivity index (χ4n) is 4.87. The fraction of sp³-hybridized carbons (Fsp3) is 0.150. The molecule has 52 heavy (non-hydrogen) atoms. The highest BCUT2D eigenvalue weighted by atomic mass is 19.1. The number of anilines is 4. The number of nitrogens with zero attached hydrogens (tertiary/aromatic N) is 4. The number of hydrogen-bond donors (Lipinski definition) is 3. The van der Waals surface area contributed by atoms with Crippen LogP contribution in [0.1, 0.15) is 52.6 Å². The molecule has 2 aromatic heterocycles. The molecule has 0 saturated carbocycles. The van der Waals surface area contributed by atoms with Gasteiger partial charge in [-0.05, 0) is 83.1 Å². The number of aromatic nitrogens is 4. The smallest absolute Gasteiger partial charge is 0.340 e. The number of aryl methyl sites for hydroxylation is 2. The number of ether oxygens (including phenoxy) is 1. The number of carbonyl (C=O) groups is 2. The monoisotopic (exact) mass is 702 g/mol. The molecular weight excluding hydrogens is 666 g/mol. The molecule has 10 nitrogen and oxygen atoms in total. The first kappa shape index (κ1) is 36.7. The Morgan fingerprint density at radius 3 is 1.44 bits per heavy atom. The molecule has 0 atom stereocenters. The van der Waals surface area contributed by atoms with Gasteiger partial charge in [-0.15, -0.1) is 0 Å². The van der Waals surface area contributed by atoms with Crippen molar-refractivity contribution in [1.82, 2.24) is 19.9 Å². The van der Waals surface area contributed by atoms with Crippen molar-refractivity contribution in [3.8, 4) is 22.8 Å². The van der Waals surface area contributed by atoms with Gasteiger partial charge in [0, 0.05) is 0 Å². The van der Waals surface area contributed by atoms with E-state index in [1.807, 2.05) is 46.8 Å². The van der Waals surface area contributed by atoms with Crippen molar-refractivity contribution in [2.75, 3.05) is 10.6 Å². The highest BCUT2D eigenvalue weighted by Gasteiger charge is 2.21. The molecule has 0 unspecified atom stereocenters. The van der Waals surface area contributed by atoms with Gasteiger partial charge in [-0.25, -0.2) is 38.3 Å². The van der Waals surface area contributed by atoms with Gasteiger partial charge in [-0.1, -0.05) is 47.5 Å². The molecule has 2 heterocycles. The van der Waals surface area contributed by atoms with Crippen molar-refractivity contribution in [3.05, 3.63) is 144 Å². The molecule has 0 saturated heterocycles. The van der Waals surface area contributed by atoms with E-state index in [9.17, 15) is 23.5 Å². The maximum Gasteiger partial charge on any atom is 0.340 e. The summed E-state index contributed by atoms with van der Waals surface area (Å²) in [6, 6.07) is 23.1. The summed E-state index contributed by atoms with van der Waals surface area (Å²) in [4.78, 5) is 40.6. The Bertz CT molecular complexity index is 2210. The highest BCUT2D eigenvalue weighted by molar-refractivity contribution is 5.97. The molecule has 0 spiro atoms. The average molecular weight is 703 g/mol. The van der Waals surface area contributed by atoms with Crippen LogP contribution >= 0.6 is 0 Å². The number of esters is 1. The highest BCUT2D eigenvalue weighted by Crippen LogP contribution is 2.27. The average Bonchev–Trinajstić information content (AvgIpc) is 3.10. The first-order valence-electron chi connectivity index (χ1n) is 16.1. The van der Waals surface area contributed by atoms with E-state index in [1.54, 1.807) is 73.1 Å². The lowest BCUT2D eigenvalue weighted by atomic mass is 10.1. The summed E-state index contributed by atoms with van der Waals surface area (Å²) >= 11 is 0.